The highest BCUT2D eigenvalue weighted by molar-refractivity contribution is 5.78. The first kappa shape index (κ1) is 30.9. The fourth-order valence-electron chi connectivity index (χ4n) is 2.65. The number of esters is 4. The molecule has 0 spiro atoms. The van der Waals surface area contributed by atoms with Gasteiger partial charge in [0.15, 0.2) is 18.3 Å². The van der Waals surface area contributed by atoms with Crippen molar-refractivity contribution in [1.82, 2.24) is 0 Å². The maximum Gasteiger partial charge on any atom is 0.311 e. The summed E-state index contributed by atoms with van der Waals surface area (Å²) in [4.78, 5) is 50.7. The summed E-state index contributed by atoms with van der Waals surface area (Å²) in [5.41, 5.74) is -3.33. The Balaban J connectivity index is 3.38. The second kappa shape index (κ2) is 10.8. The summed E-state index contributed by atoms with van der Waals surface area (Å²) >= 11 is 0. The molecular formula is C26H44O9. The van der Waals surface area contributed by atoms with Gasteiger partial charge >= 0.3 is 23.9 Å². The molecule has 9 nitrogen and oxygen atoms in total. The van der Waals surface area contributed by atoms with E-state index >= 15 is 0 Å². The number of carbonyl (C=O) groups excluding carboxylic acids is 4. The molecule has 0 aromatic rings. The predicted molar refractivity (Wildman–Crippen MR) is 128 cm³/mol. The zero-order chi connectivity index (χ0) is 27.6. The summed E-state index contributed by atoms with van der Waals surface area (Å²) in [7, 11) is 0. The quantitative estimate of drug-likeness (QED) is 0.410. The van der Waals surface area contributed by atoms with Crippen molar-refractivity contribution in [3.63, 3.8) is 0 Å². The molecule has 0 aliphatic carbocycles. The van der Waals surface area contributed by atoms with Crippen molar-refractivity contribution >= 4 is 23.9 Å². The third-order valence-corrected chi connectivity index (χ3v) is 5.10. The van der Waals surface area contributed by atoms with Crippen LogP contribution in [0, 0.1) is 21.7 Å². The van der Waals surface area contributed by atoms with Gasteiger partial charge in [-0.2, -0.15) is 0 Å². The summed E-state index contributed by atoms with van der Waals surface area (Å²) in [6, 6.07) is 0. The number of hydrogen-bond acceptors (Lipinski definition) is 9. The molecule has 35 heavy (non-hydrogen) atoms. The van der Waals surface area contributed by atoms with Gasteiger partial charge in [-0.3, -0.25) is 19.2 Å². The highest BCUT2D eigenvalue weighted by Crippen LogP contribution is 2.31. The number of carbonyl (C=O) groups is 4. The van der Waals surface area contributed by atoms with E-state index in [0.29, 0.717) is 0 Å². The van der Waals surface area contributed by atoms with Gasteiger partial charge in [-0.15, -0.1) is 0 Å². The summed E-state index contributed by atoms with van der Waals surface area (Å²) in [6.07, 6.45) is -4.30. The molecule has 0 aromatic heterocycles. The van der Waals surface area contributed by atoms with E-state index in [1.165, 1.54) is 0 Å². The Kier molecular flexibility index (Phi) is 9.57. The first-order valence-electron chi connectivity index (χ1n) is 12.0. The normalized spacial score (nSPS) is 23.8. The molecule has 1 aliphatic heterocycles. The average molecular weight is 501 g/mol. The van der Waals surface area contributed by atoms with Crippen LogP contribution in [0.15, 0.2) is 0 Å². The third kappa shape index (κ3) is 9.09. The summed E-state index contributed by atoms with van der Waals surface area (Å²) in [6.45, 7) is 20.0. The van der Waals surface area contributed by atoms with E-state index in [0.717, 1.165) is 0 Å². The van der Waals surface area contributed by atoms with Crippen molar-refractivity contribution in [1.29, 1.82) is 0 Å². The van der Waals surface area contributed by atoms with Gasteiger partial charge in [0.05, 0.1) is 28.3 Å². The third-order valence-electron chi connectivity index (χ3n) is 5.10. The van der Waals surface area contributed by atoms with E-state index < -0.39 is 70.0 Å². The molecule has 1 aliphatic rings. The van der Waals surface area contributed by atoms with E-state index in [9.17, 15) is 19.2 Å². The second-order valence-corrected chi connectivity index (χ2v) is 13.2. The molecule has 0 amide bonds. The minimum Gasteiger partial charge on any atom is -0.462 e. The molecule has 1 saturated heterocycles. The van der Waals surface area contributed by atoms with Crippen molar-refractivity contribution in [3.05, 3.63) is 0 Å². The number of rotatable bonds is 5. The highest BCUT2D eigenvalue weighted by atomic mass is 16.7. The fourth-order valence-corrected chi connectivity index (χ4v) is 2.65. The molecule has 0 aromatic carbocycles. The molecule has 0 saturated carbocycles. The van der Waals surface area contributed by atoms with Crippen LogP contribution in [0.2, 0.25) is 0 Å². The molecule has 0 unspecified atom stereocenters. The van der Waals surface area contributed by atoms with Crippen molar-refractivity contribution in [2.24, 2.45) is 21.7 Å². The van der Waals surface area contributed by atoms with E-state index in [4.69, 9.17) is 23.7 Å². The largest absolute Gasteiger partial charge is 0.462 e. The molecule has 9 heteroatoms. The number of hydrogen-bond donors (Lipinski definition) is 0. The van der Waals surface area contributed by atoms with E-state index in [-0.39, 0.29) is 13.2 Å². The lowest BCUT2D eigenvalue weighted by molar-refractivity contribution is -0.240. The molecule has 1 fully saturated rings. The Labute approximate surface area is 209 Å². The van der Waals surface area contributed by atoms with Gasteiger partial charge in [-0.1, -0.05) is 0 Å². The standard InChI is InChI=1S/C26H44O9/c1-23(2,3)19(27)32-13-15-17(34-21(29)25(7,8)9)18(35-22(30)26(10,11)12)16(14-31-15)33-20(28)24(4,5)6/h15-18H,13-14H2,1-12H3/t15-,16+,17+,18-/m1/s1. The Morgan fingerprint density at radius 1 is 0.600 bits per heavy atom. The Bertz CT molecular complexity index is 788. The summed E-state index contributed by atoms with van der Waals surface area (Å²) < 4.78 is 28.6. The van der Waals surface area contributed by atoms with Crippen molar-refractivity contribution in [2.45, 2.75) is 108 Å². The van der Waals surface area contributed by atoms with Crippen LogP contribution in [-0.2, 0) is 42.9 Å². The average Bonchev–Trinajstić information content (AvgIpc) is 2.65. The van der Waals surface area contributed by atoms with Crippen molar-refractivity contribution < 1.29 is 42.9 Å². The lowest BCUT2D eigenvalue weighted by atomic mass is 9.93. The molecule has 1 heterocycles. The maximum absolute atomic E-state index is 12.9. The summed E-state index contributed by atoms with van der Waals surface area (Å²) in [5, 5.41) is 0. The van der Waals surface area contributed by atoms with Gasteiger partial charge in [0.2, 0.25) is 0 Å². The van der Waals surface area contributed by atoms with Crippen LogP contribution in [0.4, 0.5) is 0 Å². The second-order valence-electron chi connectivity index (χ2n) is 13.2. The minimum absolute atomic E-state index is 0.134. The Morgan fingerprint density at radius 3 is 1.37 bits per heavy atom. The predicted octanol–water partition coefficient (Wildman–Crippen LogP) is 3.85. The molecule has 0 radical (unpaired) electrons. The molecule has 1 rings (SSSR count). The van der Waals surface area contributed by atoms with E-state index in [1.54, 1.807) is 83.1 Å². The van der Waals surface area contributed by atoms with Crippen LogP contribution >= 0.6 is 0 Å². The molecule has 0 N–H and O–H groups in total. The lowest BCUT2D eigenvalue weighted by Crippen LogP contribution is -2.60. The first-order valence-corrected chi connectivity index (χ1v) is 12.0. The van der Waals surface area contributed by atoms with Crippen LogP contribution in [0.3, 0.4) is 0 Å². The monoisotopic (exact) mass is 500 g/mol. The van der Waals surface area contributed by atoms with Crippen molar-refractivity contribution in [2.75, 3.05) is 13.2 Å². The van der Waals surface area contributed by atoms with Crippen LogP contribution < -0.4 is 0 Å². The van der Waals surface area contributed by atoms with Gasteiger partial charge in [0.25, 0.3) is 0 Å². The highest BCUT2D eigenvalue weighted by Gasteiger charge is 2.50. The van der Waals surface area contributed by atoms with E-state index in [2.05, 4.69) is 0 Å². The van der Waals surface area contributed by atoms with Gasteiger partial charge in [-0.25, -0.2) is 0 Å². The smallest absolute Gasteiger partial charge is 0.311 e. The van der Waals surface area contributed by atoms with Crippen LogP contribution in [0.25, 0.3) is 0 Å². The Morgan fingerprint density at radius 2 is 0.971 bits per heavy atom. The maximum atomic E-state index is 12.9. The molecule has 202 valence electrons. The summed E-state index contributed by atoms with van der Waals surface area (Å²) in [5.74, 6) is -2.13. The first-order chi connectivity index (χ1) is 15.5. The number of ether oxygens (including phenoxy) is 5. The zero-order valence-corrected chi connectivity index (χ0v) is 23.4. The zero-order valence-electron chi connectivity index (χ0n) is 23.4. The van der Waals surface area contributed by atoms with Crippen LogP contribution in [0.5, 0.6) is 0 Å². The topological polar surface area (TPSA) is 114 Å². The van der Waals surface area contributed by atoms with Gasteiger partial charge in [-0.05, 0) is 83.1 Å². The van der Waals surface area contributed by atoms with Gasteiger partial charge < -0.3 is 23.7 Å². The van der Waals surface area contributed by atoms with E-state index in [1.807, 2.05) is 0 Å². The SMILES string of the molecule is CC(C)(C)C(=O)OC[C@H]1OC[C@H](OC(=O)C(C)(C)C)[C@@H](OC(=O)C(C)(C)C)[C@H]1OC(=O)C(C)(C)C. The van der Waals surface area contributed by atoms with Crippen molar-refractivity contribution in [3.8, 4) is 0 Å². The van der Waals surface area contributed by atoms with Gasteiger partial charge in [0.1, 0.15) is 12.7 Å². The lowest BCUT2D eigenvalue weighted by Gasteiger charge is -2.42. The van der Waals surface area contributed by atoms with Gasteiger partial charge in [0, 0.05) is 0 Å². The Hall–Kier alpha value is -2.16. The minimum atomic E-state index is -1.17. The molecular weight excluding hydrogens is 456 g/mol. The fraction of sp³-hybridized carbons (Fsp3) is 0.846. The van der Waals surface area contributed by atoms with Crippen LogP contribution in [0.1, 0.15) is 83.1 Å². The van der Waals surface area contributed by atoms with Crippen LogP contribution in [-0.4, -0.2) is 61.5 Å². The molecule has 0 bridgehead atoms. The molecule has 4 atom stereocenters.